The van der Waals surface area contributed by atoms with Crippen LogP contribution >= 0.6 is 0 Å². The molecule has 0 aliphatic heterocycles. The van der Waals surface area contributed by atoms with Crippen molar-refractivity contribution in [2.45, 2.75) is 11.8 Å². The SMILES string of the molecule is Cc1ccc(-c2cccc(S(C)(=O)=O)c2-c2nnn[nH]2)cn1. The Labute approximate surface area is 127 Å². The topological polar surface area (TPSA) is 101 Å². The molecular weight excluding hydrogens is 302 g/mol. The van der Waals surface area contributed by atoms with E-state index in [0.29, 0.717) is 17.0 Å². The molecule has 0 atom stereocenters. The summed E-state index contributed by atoms with van der Waals surface area (Å²) in [7, 11) is -3.43. The van der Waals surface area contributed by atoms with Crippen LogP contribution in [0.5, 0.6) is 0 Å². The summed E-state index contributed by atoms with van der Waals surface area (Å²) in [4.78, 5) is 4.43. The highest BCUT2D eigenvalue weighted by Gasteiger charge is 2.21. The number of tetrazole rings is 1. The highest BCUT2D eigenvalue weighted by atomic mass is 32.2. The van der Waals surface area contributed by atoms with Crippen LogP contribution in [0.3, 0.4) is 0 Å². The van der Waals surface area contributed by atoms with E-state index in [9.17, 15) is 8.42 Å². The first-order chi connectivity index (χ1) is 10.5. The summed E-state index contributed by atoms with van der Waals surface area (Å²) in [6.07, 6.45) is 2.86. The largest absolute Gasteiger partial charge is 0.261 e. The van der Waals surface area contributed by atoms with Gasteiger partial charge < -0.3 is 0 Å². The number of hydrogen-bond donors (Lipinski definition) is 1. The molecular formula is C14H13N5O2S. The fourth-order valence-electron chi connectivity index (χ4n) is 2.22. The maximum Gasteiger partial charge on any atom is 0.181 e. The minimum absolute atomic E-state index is 0.170. The number of aromatic amines is 1. The van der Waals surface area contributed by atoms with Crippen molar-refractivity contribution in [2.75, 3.05) is 6.26 Å². The van der Waals surface area contributed by atoms with E-state index in [1.807, 2.05) is 25.1 Å². The molecule has 0 saturated heterocycles. The summed E-state index contributed by atoms with van der Waals surface area (Å²) in [5.74, 6) is 0.302. The van der Waals surface area contributed by atoms with Gasteiger partial charge in [0.15, 0.2) is 15.7 Å². The molecule has 0 bridgehead atoms. The molecule has 0 radical (unpaired) electrons. The van der Waals surface area contributed by atoms with Crippen molar-refractivity contribution in [1.82, 2.24) is 25.6 Å². The lowest BCUT2D eigenvalue weighted by Gasteiger charge is -2.11. The number of H-pyrrole nitrogens is 1. The average Bonchev–Trinajstić information content (AvgIpc) is 3.00. The van der Waals surface area contributed by atoms with Gasteiger partial charge in [0.1, 0.15) is 0 Å². The molecule has 7 nitrogen and oxygen atoms in total. The van der Waals surface area contributed by atoms with Gasteiger partial charge >= 0.3 is 0 Å². The molecule has 0 aliphatic carbocycles. The monoisotopic (exact) mass is 315 g/mol. The molecule has 3 aromatic rings. The molecule has 0 unspecified atom stereocenters. The molecule has 22 heavy (non-hydrogen) atoms. The first-order valence-corrected chi connectivity index (χ1v) is 8.36. The number of sulfone groups is 1. The number of nitrogens with zero attached hydrogens (tertiary/aromatic N) is 4. The second kappa shape index (κ2) is 5.30. The van der Waals surface area contributed by atoms with E-state index in [1.165, 1.54) is 6.07 Å². The highest BCUT2D eigenvalue weighted by Crippen LogP contribution is 2.34. The third-order valence-corrected chi connectivity index (χ3v) is 4.37. The molecule has 0 fully saturated rings. The zero-order chi connectivity index (χ0) is 15.7. The predicted octanol–water partition coefficient (Wildman–Crippen LogP) is 1.64. The molecule has 0 spiro atoms. The lowest BCUT2D eigenvalue weighted by atomic mass is 10.0. The van der Waals surface area contributed by atoms with E-state index < -0.39 is 9.84 Å². The van der Waals surface area contributed by atoms with Crippen LogP contribution in [0.1, 0.15) is 5.69 Å². The molecule has 3 rings (SSSR count). The average molecular weight is 315 g/mol. The molecule has 0 saturated carbocycles. The molecule has 112 valence electrons. The van der Waals surface area contributed by atoms with Crippen LogP contribution in [0, 0.1) is 6.92 Å². The molecule has 2 aromatic heterocycles. The van der Waals surface area contributed by atoms with Crippen molar-refractivity contribution < 1.29 is 8.42 Å². The van der Waals surface area contributed by atoms with Crippen LogP contribution in [0.15, 0.2) is 41.4 Å². The van der Waals surface area contributed by atoms with Gasteiger partial charge in [-0.25, -0.2) is 13.5 Å². The highest BCUT2D eigenvalue weighted by molar-refractivity contribution is 7.90. The lowest BCUT2D eigenvalue weighted by Crippen LogP contribution is -2.02. The third kappa shape index (κ3) is 2.60. The smallest absolute Gasteiger partial charge is 0.181 e. The van der Waals surface area contributed by atoms with Crippen molar-refractivity contribution >= 4 is 9.84 Å². The van der Waals surface area contributed by atoms with Crippen LogP contribution in [0.25, 0.3) is 22.5 Å². The van der Waals surface area contributed by atoms with E-state index in [2.05, 4.69) is 25.6 Å². The van der Waals surface area contributed by atoms with E-state index in [1.54, 1.807) is 12.3 Å². The molecule has 0 amide bonds. The molecule has 2 heterocycles. The summed E-state index contributed by atoms with van der Waals surface area (Å²) in [5.41, 5.74) is 2.82. The van der Waals surface area contributed by atoms with E-state index in [0.717, 1.165) is 17.5 Å². The number of aromatic nitrogens is 5. The van der Waals surface area contributed by atoms with E-state index >= 15 is 0 Å². The Morgan fingerprint density at radius 2 is 1.95 bits per heavy atom. The van der Waals surface area contributed by atoms with Gasteiger partial charge in [0.05, 0.1) is 4.90 Å². The Morgan fingerprint density at radius 1 is 1.14 bits per heavy atom. The maximum atomic E-state index is 12.1. The Hall–Kier alpha value is -2.61. The maximum absolute atomic E-state index is 12.1. The van der Waals surface area contributed by atoms with Gasteiger partial charge in [0.2, 0.25) is 0 Å². The Bertz CT molecular complexity index is 903. The van der Waals surface area contributed by atoms with Crippen molar-refractivity contribution in [2.24, 2.45) is 0 Å². The number of nitrogens with one attached hydrogen (secondary N) is 1. The number of benzene rings is 1. The first kappa shape index (κ1) is 14.3. The van der Waals surface area contributed by atoms with Crippen LogP contribution in [-0.2, 0) is 9.84 Å². The van der Waals surface area contributed by atoms with Crippen LogP contribution in [-0.4, -0.2) is 40.3 Å². The zero-order valence-electron chi connectivity index (χ0n) is 12.0. The standard InChI is InChI=1S/C14H13N5O2S/c1-9-6-7-10(8-15-9)11-4-3-5-12(22(2,20)21)13(11)14-16-18-19-17-14/h3-8H,1-2H3,(H,16,17,18,19). The van der Waals surface area contributed by atoms with Gasteiger partial charge in [-0.15, -0.1) is 5.10 Å². The fourth-order valence-corrected chi connectivity index (χ4v) is 3.12. The van der Waals surface area contributed by atoms with Crippen LogP contribution in [0.4, 0.5) is 0 Å². The summed E-state index contributed by atoms with van der Waals surface area (Å²) >= 11 is 0. The van der Waals surface area contributed by atoms with Crippen molar-refractivity contribution in [3.63, 3.8) is 0 Å². The lowest BCUT2D eigenvalue weighted by molar-refractivity contribution is 0.602. The summed E-state index contributed by atoms with van der Waals surface area (Å²) in [5, 5.41) is 13.6. The second-order valence-electron chi connectivity index (χ2n) is 4.89. The van der Waals surface area contributed by atoms with E-state index in [4.69, 9.17) is 0 Å². The third-order valence-electron chi connectivity index (χ3n) is 3.23. The minimum Gasteiger partial charge on any atom is -0.261 e. The fraction of sp³-hybridized carbons (Fsp3) is 0.143. The van der Waals surface area contributed by atoms with Crippen molar-refractivity contribution in [3.8, 4) is 22.5 Å². The second-order valence-corrected chi connectivity index (χ2v) is 6.87. The molecule has 1 aromatic carbocycles. The quantitative estimate of drug-likeness (QED) is 0.788. The molecule has 8 heteroatoms. The van der Waals surface area contributed by atoms with Gasteiger partial charge in [-0.2, -0.15) is 0 Å². The Balaban J connectivity index is 2.34. The van der Waals surface area contributed by atoms with Crippen molar-refractivity contribution in [3.05, 3.63) is 42.2 Å². The Morgan fingerprint density at radius 3 is 2.55 bits per heavy atom. The van der Waals surface area contributed by atoms with Crippen molar-refractivity contribution in [1.29, 1.82) is 0 Å². The summed E-state index contributed by atoms with van der Waals surface area (Å²) < 4.78 is 24.2. The predicted molar refractivity (Wildman–Crippen MR) is 80.7 cm³/mol. The number of rotatable bonds is 3. The normalized spacial score (nSPS) is 11.5. The number of aryl methyl sites for hydroxylation is 1. The first-order valence-electron chi connectivity index (χ1n) is 6.47. The van der Waals surface area contributed by atoms with Gasteiger partial charge in [-0.1, -0.05) is 18.2 Å². The van der Waals surface area contributed by atoms with Crippen LogP contribution < -0.4 is 0 Å². The summed E-state index contributed by atoms with van der Waals surface area (Å²) in [6.45, 7) is 1.89. The number of hydrogen-bond acceptors (Lipinski definition) is 6. The molecule has 0 aliphatic rings. The van der Waals surface area contributed by atoms with Gasteiger partial charge in [-0.3, -0.25) is 4.98 Å². The molecule has 1 N–H and O–H groups in total. The summed E-state index contributed by atoms with van der Waals surface area (Å²) in [6, 6.07) is 8.80. The zero-order valence-corrected chi connectivity index (χ0v) is 12.8. The van der Waals surface area contributed by atoms with Crippen LogP contribution in [0.2, 0.25) is 0 Å². The minimum atomic E-state index is -3.43. The van der Waals surface area contributed by atoms with E-state index in [-0.39, 0.29) is 4.90 Å². The number of pyridine rings is 1. The van der Waals surface area contributed by atoms with Gasteiger partial charge in [0, 0.05) is 29.3 Å². The Kier molecular flexibility index (Phi) is 3.45. The van der Waals surface area contributed by atoms with Gasteiger partial charge in [0.25, 0.3) is 0 Å². The van der Waals surface area contributed by atoms with Gasteiger partial charge in [-0.05, 0) is 35.0 Å².